The third-order valence-electron chi connectivity index (χ3n) is 2.57. The van der Waals surface area contributed by atoms with Gasteiger partial charge in [0.25, 0.3) is 0 Å². The smallest absolute Gasteiger partial charge is 0.306 e. The molecule has 0 N–H and O–H groups in total. The Hall–Kier alpha value is -0.610. The highest BCUT2D eigenvalue weighted by molar-refractivity contribution is 5.71. The number of esters is 1. The van der Waals surface area contributed by atoms with Gasteiger partial charge in [-0.2, -0.15) is 0 Å². The number of hydrogen-bond acceptors (Lipinski definition) is 4. The molecule has 2 heterocycles. The van der Waals surface area contributed by atoms with Crippen LogP contribution in [0.3, 0.4) is 0 Å². The van der Waals surface area contributed by atoms with E-state index in [9.17, 15) is 4.79 Å². The van der Waals surface area contributed by atoms with Crippen LogP contribution in [-0.4, -0.2) is 31.6 Å². The lowest BCUT2D eigenvalue weighted by Crippen LogP contribution is -2.26. The molecule has 1 unspecified atom stereocenters. The molecule has 0 bridgehead atoms. The van der Waals surface area contributed by atoms with Crippen molar-refractivity contribution in [2.24, 2.45) is 0 Å². The molecule has 0 aromatic rings. The summed E-state index contributed by atoms with van der Waals surface area (Å²) in [5.74, 6) is -0.108. The second-order valence-electron chi connectivity index (χ2n) is 3.78. The fourth-order valence-electron chi connectivity index (χ4n) is 1.76. The zero-order chi connectivity index (χ0) is 9.80. The Morgan fingerprint density at radius 1 is 1.36 bits per heavy atom. The topological polar surface area (TPSA) is 44.8 Å². The molecule has 0 aromatic carbocycles. The van der Waals surface area contributed by atoms with Crippen LogP contribution in [0.2, 0.25) is 0 Å². The molecule has 14 heavy (non-hydrogen) atoms. The van der Waals surface area contributed by atoms with Crippen molar-refractivity contribution in [1.29, 1.82) is 0 Å². The molecule has 2 fully saturated rings. The van der Waals surface area contributed by atoms with Gasteiger partial charge in [0.15, 0.2) is 6.29 Å². The first-order valence-corrected chi connectivity index (χ1v) is 5.27. The molecule has 2 aliphatic heterocycles. The SMILES string of the molecule is O=C1CC[C@@H](COC2CCCCO2)O1. The van der Waals surface area contributed by atoms with Gasteiger partial charge in [-0.05, 0) is 25.7 Å². The summed E-state index contributed by atoms with van der Waals surface area (Å²) in [4.78, 5) is 10.8. The van der Waals surface area contributed by atoms with Crippen LogP contribution in [-0.2, 0) is 19.0 Å². The number of rotatable bonds is 3. The number of carbonyl (C=O) groups excluding carboxylic acids is 1. The van der Waals surface area contributed by atoms with Crippen molar-refractivity contribution >= 4 is 5.97 Å². The van der Waals surface area contributed by atoms with Crippen LogP contribution in [0, 0.1) is 0 Å². The van der Waals surface area contributed by atoms with Crippen LogP contribution >= 0.6 is 0 Å². The van der Waals surface area contributed by atoms with E-state index in [-0.39, 0.29) is 18.4 Å². The summed E-state index contributed by atoms with van der Waals surface area (Å²) < 4.78 is 16.0. The minimum atomic E-state index is -0.108. The average Bonchev–Trinajstić information content (AvgIpc) is 2.63. The fourth-order valence-corrected chi connectivity index (χ4v) is 1.76. The lowest BCUT2D eigenvalue weighted by Gasteiger charge is -2.23. The summed E-state index contributed by atoms with van der Waals surface area (Å²) in [6.07, 6.45) is 4.43. The molecule has 4 heteroatoms. The Kier molecular flexibility index (Phi) is 3.37. The number of cyclic esters (lactones) is 1. The summed E-state index contributed by atoms with van der Waals surface area (Å²) in [7, 11) is 0. The van der Waals surface area contributed by atoms with Gasteiger partial charge in [0.2, 0.25) is 0 Å². The maximum atomic E-state index is 10.8. The quantitative estimate of drug-likeness (QED) is 0.643. The molecule has 0 spiro atoms. The summed E-state index contributed by atoms with van der Waals surface area (Å²) in [5.41, 5.74) is 0. The number of hydrogen-bond donors (Lipinski definition) is 0. The summed E-state index contributed by atoms with van der Waals surface area (Å²) in [6.45, 7) is 1.27. The lowest BCUT2D eigenvalue weighted by atomic mass is 10.2. The van der Waals surface area contributed by atoms with Gasteiger partial charge in [-0.3, -0.25) is 4.79 Å². The van der Waals surface area contributed by atoms with E-state index in [2.05, 4.69) is 0 Å². The zero-order valence-electron chi connectivity index (χ0n) is 8.24. The Balaban J connectivity index is 1.63. The lowest BCUT2D eigenvalue weighted by molar-refractivity contribution is -0.179. The van der Waals surface area contributed by atoms with Crippen molar-refractivity contribution in [2.75, 3.05) is 13.2 Å². The number of ether oxygens (including phenoxy) is 3. The van der Waals surface area contributed by atoms with E-state index in [1.165, 1.54) is 0 Å². The van der Waals surface area contributed by atoms with E-state index >= 15 is 0 Å². The normalized spacial score (nSPS) is 33.0. The second kappa shape index (κ2) is 4.75. The monoisotopic (exact) mass is 200 g/mol. The highest BCUT2D eigenvalue weighted by Gasteiger charge is 2.25. The molecule has 80 valence electrons. The minimum Gasteiger partial charge on any atom is -0.460 e. The summed E-state index contributed by atoms with van der Waals surface area (Å²) in [5, 5.41) is 0. The highest BCUT2D eigenvalue weighted by Crippen LogP contribution is 2.18. The van der Waals surface area contributed by atoms with Crippen LogP contribution in [0.4, 0.5) is 0 Å². The van der Waals surface area contributed by atoms with Crippen molar-refractivity contribution in [2.45, 2.75) is 44.5 Å². The molecule has 2 atom stereocenters. The van der Waals surface area contributed by atoms with Crippen LogP contribution in [0.15, 0.2) is 0 Å². The van der Waals surface area contributed by atoms with Crippen LogP contribution in [0.25, 0.3) is 0 Å². The van der Waals surface area contributed by atoms with Gasteiger partial charge in [-0.25, -0.2) is 0 Å². The van der Waals surface area contributed by atoms with E-state index < -0.39 is 0 Å². The van der Waals surface area contributed by atoms with Crippen molar-refractivity contribution < 1.29 is 19.0 Å². The van der Waals surface area contributed by atoms with Crippen LogP contribution < -0.4 is 0 Å². The van der Waals surface area contributed by atoms with Crippen LogP contribution in [0.5, 0.6) is 0 Å². The van der Waals surface area contributed by atoms with Crippen molar-refractivity contribution in [3.63, 3.8) is 0 Å². The first kappa shape index (κ1) is 9.93. The number of carbonyl (C=O) groups is 1. The minimum absolute atomic E-state index is 0.0481. The third kappa shape index (κ3) is 2.69. The molecule has 2 rings (SSSR count). The van der Waals surface area contributed by atoms with Gasteiger partial charge in [-0.1, -0.05) is 0 Å². The third-order valence-corrected chi connectivity index (χ3v) is 2.57. The second-order valence-corrected chi connectivity index (χ2v) is 3.78. The largest absolute Gasteiger partial charge is 0.460 e. The molecule has 0 radical (unpaired) electrons. The van der Waals surface area contributed by atoms with Gasteiger partial charge in [-0.15, -0.1) is 0 Å². The Morgan fingerprint density at radius 3 is 2.93 bits per heavy atom. The Labute approximate surface area is 83.5 Å². The zero-order valence-corrected chi connectivity index (χ0v) is 8.24. The molecule has 0 amide bonds. The highest BCUT2D eigenvalue weighted by atomic mass is 16.7. The molecule has 2 saturated heterocycles. The standard InChI is InChI=1S/C10H16O4/c11-9-5-4-8(14-9)7-13-10-3-1-2-6-12-10/h8,10H,1-7H2/t8-,10?/m0/s1. The predicted octanol–water partition coefficient (Wildman–Crippen LogP) is 1.24. The van der Waals surface area contributed by atoms with Crippen molar-refractivity contribution in [3.05, 3.63) is 0 Å². The molecule has 0 aliphatic carbocycles. The molecular formula is C10H16O4. The van der Waals surface area contributed by atoms with E-state index in [1.807, 2.05) is 0 Å². The van der Waals surface area contributed by atoms with Gasteiger partial charge >= 0.3 is 5.97 Å². The molecule has 2 aliphatic rings. The van der Waals surface area contributed by atoms with Crippen molar-refractivity contribution in [1.82, 2.24) is 0 Å². The molecule has 0 saturated carbocycles. The molecular weight excluding hydrogens is 184 g/mol. The predicted molar refractivity (Wildman–Crippen MR) is 48.7 cm³/mol. The summed E-state index contributed by atoms with van der Waals surface area (Å²) in [6, 6.07) is 0. The first-order valence-electron chi connectivity index (χ1n) is 5.27. The van der Waals surface area contributed by atoms with Gasteiger partial charge in [0.1, 0.15) is 6.10 Å². The molecule has 0 aromatic heterocycles. The van der Waals surface area contributed by atoms with E-state index in [0.717, 1.165) is 32.3 Å². The molecule has 4 nitrogen and oxygen atoms in total. The Bertz CT molecular complexity index is 198. The van der Waals surface area contributed by atoms with Gasteiger partial charge < -0.3 is 14.2 Å². The fraction of sp³-hybridized carbons (Fsp3) is 0.900. The van der Waals surface area contributed by atoms with E-state index in [0.29, 0.717) is 13.0 Å². The van der Waals surface area contributed by atoms with E-state index in [1.54, 1.807) is 0 Å². The first-order chi connectivity index (χ1) is 6.84. The van der Waals surface area contributed by atoms with Gasteiger partial charge in [0.05, 0.1) is 6.61 Å². The maximum absolute atomic E-state index is 10.8. The van der Waals surface area contributed by atoms with Crippen LogP contribution in [0.1, 0.15) is 32.1 Å². The van der Waals surface area contributed by atoms with E-state index in [4.69, 9.17) is 14.2 Å². The van der Waals surface area contributed by atoms with Gasteiger partial charge in [0, 0.05) is 13.0 Å². The maximum Gasteiger partial charge on any atom is 0.306 e. The summed E-state index contributed by atoms with van der Waals surface area (Å²) >= 11 is 0. The average molecular weight is 200 g/mol. The Morgan fingerprint density at radius 2 is 2.29 bits per heavy atom. The van der Waals surface area contributed by atoms with Crippen molar-refractivity contribution in [3.8, 4) is 0 Å².